The quantitative estimate of drug-likeness (QED) is 0.648. The first kappa shape index (κ1) is 19.7. The van der Waals surface area contributed by atoms with E-state index in [9.17, 15) is 14.4 Å². The molecule has 28 heavy (non-hydrogen) atoms. The molecule has 0 spiro atoms. The summed E-state index contributed by atoms with van der Waals surface area (Å²) in [4.78, 5) is 35.9. The van der Waals surface area contributed by atoms with Gasteiger partial charge in [0, 0.05) is 22.2 Å². The first-order valence-electron chi connectivity index (χ1n) is 8.86. The molecule has 2 aromatic rings. The summed E-state index contributed by atoms with van der Waals surface area (Å²) in [7, 11) is 0. The maximum absolute atomic E-state index is 12.2. The average Bonchev–Trinajstić information content (AvgIpc) is 3.53. The van der Waals surface area contributed by atoms with Crippen molar-refractivity contribution >= 4 is 35.0 Å². The SMILES string of the molecule is CC(Oc1ccc(Cl)cc1)C(=O)NNC(=O)c1ccc(NC(=O)C2CC2)cc1. The number of halogens is 1. The van der Waals surface area contributed by atoms with Crippen LogP contribution in [0, 0.1) is 5.92 Å². The topological polar surface area (TPSA) is 96.5 Å². The molecule has 1 atom stereocenters. The molecule has 0 heterocycles. The zero-order valence-corrected chi connectivity index (χ0v) is 16.0. The van der Waals surface area contributed by atoms with Crippen LogP contribution in [0.15, 0.2) is 48.5 Å². The Kier molecular flexibility index (Phi) is 6.16. The van der Waals surface area contributed by atoms with E-state index in [4.69, 9.17) is 16.3 Å². The molecule has 3 amide bonds. The highest BCUT2D eigenvalue weighted by Gasteiger charge is 2.29. The van der Waals surface area contributed by atoms with Crippen molar-refractivity contribution in [2.45, 2.75) is 25.9 Å². The fourth-order valence-corrected chi connectivity index (χ4v) is 2.48. The Labute approximate surface area is 167 Å². The van der Waals surface area contributed by atoms with Crippen molar-refractivity contribution in [1.29, 1.82) is 0 Å². The number of rotatable bonds is 6. The third-order valence-corrected chi connectivity index (χ3v) is 4.41. The number of anilines is 1. The van der Waals surface area contributed by atoms with Crippen molar-refractivity contribution in [3.8, 4) is 5.75 Å². The Bertz CT molecular complexity index is 864. The van der Waals surface area contributed by atoms with E-state index in [2.05, 4.69) is 16.2 Å². The summed E-state index contributed by atoms with van der Waals surface area (Å²) in [6.07, 6.45) is 1.03. The number of amides is 3. The van der Waals surface area contributed by atoms with E-state index in [-0.39, 0.29) is 11.8 Å². The van der Waals surface area contributed by atoms with Gasteiger partial charge in [0.05, 0.1) is 0 Å². The number of ether oxygens (including phenoxy) is 1. The lowest BCUT2D eigenvalue weighted by Gasteiger charge is -2.15. The number of hydrogen-bond donors (Lipinski definition) is 3. The molecule has 1 aliphatic rings. The van der Waals surface area contributed by atoms with Crippen LogP contribution in [0.4, 0.5) is 5.69 Å². The molecule has 7 nitrogen and oxygen atoms in total. The Morgan fingerprint density at radius 3 is 2.25 bits per heavy atom. The minimum atomic E-state index is -0.818. The lowest BCUT2D eigenvalue weighted by molar-refractivity contribution is -0.128. The second-order valence-corrected chi connectivity index (χ2v) is 6.93. The Balaban J connectivity index is 1.46. The van der Waals surface area contributed by atoms with Gasteiger partial charge in [-0.3, -0.25) is 25.2 Å². The molecule has 1 saturated carbocycles. The van der Waals surface area contributed by atoms with Crippen LogP contribution in [-0.4, -0.2) is 23.8 Å². The fraction of sp³-hybridized carbons (Fsp3) is 0.250. The van der Waals surface area contributed by atoms with Crippen molar-refractivity contribution in [3.63, 3.8) is 0 Å². The summed E-state index contributed by atoms with van der Waals surface area (Å²) in [5, 5.41) is 3.36. The second-order valence-electron chi connectivity index (χ2n) is 6.50. The van der Waals surface area contributed by atoms with Gasteiger partial charge < -0.3 is 10.1 Å². The van der Waals surface area contributed by atoms with E-state index in [1.165, 1.54) is 0 Å². The summed E-state index contributed by atoms with van der Waals surface area (Å²) in [5.74, 6) is -0.389. The van der Waals surface area contributed by atoms with Crippen LogP contribution in [0.5, 0.6) is 5.75 Å². The summed E-state index contributed by atoms with van der Waals surface area (Å²) >= 11 is 5.80. The van der Waals surface area contributed by atoms with Gasteiger partial charge in [0.15, 0.2) is 6.10 Å². The molecular formula is C20H20ClN3O4. The molecule has 8 heteroatoms. The van der Waals surface area contributed by atoms with Crippen LogP contribution in [0.1, 0.15) is 30.1 Å². The Hall–Kier alpha value is -3.06. The second kappa shape index (κ2) is 8.75. The van der Waals surface area contributed by atoms with Gasteiger partial charge in [-0.25, -0.2) is 0 Å². The Morgan fingerprint density at radius 1 is 1.00 bits per heavy atom. The summed E-state index contributed by atoms with van der Waals surface area (Å²) < 4.78 is 5.48. The first-order valence-corrected chi connectivity index (χ1v) is 9.23. The third kappa shape index (κ3) is 5.47. The van der Waals surface area contributed by atoms with Gasteiger partial charge in [0.25, 0.3) is 11.8 Å². The molecule has 0 radical (unpaired) electrons. The number of carbonyl (C=O) groups excluding carboxylic acids is 3. The smallest absolute Gasteiger partial charge is 0.279 e. The van der Waals surface area contributed by atoms with Crippen molar-refractivity contribution in [2.24, 2.45) is 5.92 Å². The molecule has 1 fully saturated rings. The van der Waals surface area contributed by atoms with Gasteiger partial charge in [-0.1, -0.05) is 11.6 Å². The number of carbonyl (C=O) groups is 3. The zero-order chi connectivity index (χ0) is 20.1. The summed E-state index contributed by atoms with van der Waals surface area (Å²) in [6.45, 7) is 1.56. The molecule has 0 bridgehead atoms. The normalized spacial score (nSPS) is 13.9. The van der Waals surface area contributed by atoms with Crippen molar-refractivity contribution < 1.29 is 19.1 Å². The van der Waals surface area contributed by atoms with Gasteiger partial charge in [-0.2, -0.15) is 0 Å². The predicted octanol–water partition coefficient (Wildman–Crippen LogP) is 2.92. The van der Waals surface area contributed by atoms with E-state index in [0.717, 1.165) is 12.8 Å². The van der Waals surface area contributed by atoms with Gasteiger partial charge >= 0.3 is 0 Å². The fourth-order valence-electron chi connectivity index (χ4n) is 2.36. The van der Waals surface area contributed by atoms with Gasteiger partial charge in [-0.05, 0) is 68.3 Å². The zero-order valence-electron chi connectivity index (χ0n) is 15.2. The third-order valence-electron chi connectivity index (χ3n) is 4.16. The highest BCUT2D eigenvalue weighted by Crippen LogP contribution is 2.30. The largest absolute Gasteiger partial charge is 0.481 e. The average molecular weight is 402 g/mol. The van der Waals surface area contributed by atoms with Gasteiger partial charge in [0.1, 0.15) is 5.75 Å². The summed E-state index contributed by atoms with van der Waals surface area (Å²) in [5.41, 5.74) is 5.63. The molecule has 0 aromatic heterocycles. The molecular weight excluding hydrogens is 382 g/mol. The van der Waals surface area contributed by atoms with Crippen LogP contribution < -0.4 is 20.9 Å². The van der Waals surface area contributed by atoms with E-state index >= 15 is 0 Å². The minimum Gasteiger partial charge on any atom is -0.481 e. The van der Waals surface area contributed by atoms with E-state index < -0.39 is 17.9 Å². The first-order chi connectivity index (χ1) is 13.4. The number of hydrogen-bond acceptors (Lipinski definition) is 4. The Morgan fingerprint density at radius 2 is 1.64 bits per heavy atom. The summed E-state index contributed by atoms with van der Waals surface area (Å²) in [6, 6.07) is 13.0. The highest BCUT2D eigenvalue weighted by molar-refractivity contribution is 6.30. The van der Waals surface area contributed by atoms with Crippen molar-refractivity contribution in [3.05, 3.63) is 59.1 Å². The molecule has 3 rings (SSSR count). The molecule has 1 aliphatic carbocycles. The molecule has 146 valence electrons. The molecule has 2 aromatic carbocycles. The van der Waals surface area contributed by atoms with E-state index in [0.29, 0.717) is 22.0 Å². The maximum Gasteiger partial charge on any atom is 0.279 e. The lowest BCUT2D eigenvalue weighted by Crippen LogP contribution is -2.47. The van der Waals surface area contributed by atoms with Crippen LogP contribution >= 0.6 is 11.6 Å². The highest BCUT2D eigenvalue weighted by atomic mass is 35.5. The molecule has 1 unspecified atom stereocenters. The molecule has 0 aliphatic heterocycles. The standard InChI is InChI=1S/C20H20ClN3O4/c1-12(28-17-10-6-15(21)7-11-17)18(25)23-24-20(27)14-4-8-16(9-5-14)22-19(26)13-2-3-13/h4-13H,2-3H2,1H3,(H,22,26)(H,23,25)(H,24,27). The maximum atomic E-state index is 12.2. The number of benzene rings is 2. The predicted molar refractivity (Wildman–Crippen MR) is 105 cm³/mol. The van der Waals surface area contributed by atoms with Gasteiger partial charge in [-0.15, -0.1) is 0 Å². The van der Waals surface area contributed by atoms with Crippen LogP contribution in [0.25, 0.3) is 0 Å². The van der Waals surface area contributed by atoms with E-state index in [1.54, 1.807) is 55.5 Å². The van der Waals surface area contributed by atoms with Gasteiger partial charge in [0.2, 0.25) is 5.91 Å². The molecule has 3 N–H and O–H groups in total. The van der Waals surface area contributed by atoms with E-state index in [1.807, 2.05) is 0 Å². The molecule has 0 saturated heterocycles. The van der Waals surface area contributed by atoms with Crippen LogP contribution in [0.2, 0.25) is 5.02 Å². The number of nitrogens with one attached hydrogen (secondary N) is 3. The van der Waals surface area contributed by atoms with Crippen LogP contribution in [0.3, 0.4) is 0 Å². The van der Waals surface area contributed by atoms with Crippen LogP contribution in [-0.2, 0) is 9.59 Å². The van der Waals surface area contributed by atoms with Crippen molar-refractivity contribution in [1.82, 2.24) is 10.9 Å². The lowest BCUT2D eigenvalue weighted by atomic mass is 10.2. The van der Waals surface area contributed by atoms with Crippen molar-refractivity contribution in [2.75, 3.05) is 5.32 Å². The monoisotopic (exact) mass is 401 g/mol. The number of hydrazine groups is 1. The minimum absolute atomic E-state index is 0.000796.